The standard InChI is InChI=1S/C69H120N2O19/c1-5-8-10-11-12-18-29-41-57(72)42-30-19-13-21-32-44-62(74)83-53-58(88-67(79)49-37-26-17-28-39-51-69(81)90-71-52-9-6-2)55-85-64(76)46-34-23-15-24-35-47-65(77)86-56-59(54-84-63(75)45-33-22-14-20-31-43-61(73)82-4)87-66(78)48-36-25-16-27-38-50-68(80)89-60(70)40-7-3/h10-11,58-60,71H,5-9,12-56,70H2,1-4H3/b11-10+. The van der Waals surface area contributed by atoms with Crippen molar-refractivity contribution in [2.45, 2.75) is 328 Å². The number of nitrogens with one attached hydrogen (secondary N) is 1. The highest BCUT2D eigenvalue weighted by atomic mass is 16.7. The van der Waals surface area contributed by atoms with Crippen molar-refractivity contribution in [2.24, 2.45) is 5.73 Å². The summed E-state index contributed by atoms with van der Waals surface area (Å²) < 4.78 is 43.0. The average Bonchev–Trinajstić information content (AvgIpc) is 3.71. The van der Waals surface area contributed by atoms with E-state index in [1.807, 2.05) is 6.92 Å². The van der Waals surface area contributed by atoms with E-state index in [0.29, 0.717) is 115 Å². The van der Waals surface area contributed by atoms with Crippen LogP contribution in [0.3, 0.4) is 0 Å². The van der Waals surface area contributed by atoms with Crippen molar-refractivity contribution in [1.82, 2.24) is 5.48 Å². The molecular formula is C69H120N2O19. The lowest BCUT2D eigenvalue weighted by Crippen LogP contribution is -2.30. The molecule has 21 nitrogen and oxygen atoms in total. The molecule has 0 amide bonds. The fourth-order valence-corrected chi connectivity index (χ4v) is 9.37. The topological polar surface area (TPSA) is 292 Å². The van der Waals surface area contributed by atoms with Crippen LogP contribution >= 0.6 is 0 Å². The Morgan fingerprint density at radius 3 is 1.00 bits per heavy atom. The van der Waals surface area contributed by atoms with E-state index in [4.69, 9.17) is 43.7 Å². The number of unbranched alkanes of at least 4 members (excludes halogenated alkanes) is 24. The number of esters is 8. The molecule has 0 bridgehead atoms. The van der Waals surface area contributed by atoms with Crippen LogP contribution in [-0.2, 0) is 90.7 Å². The highest BCUT2D eigenvalue weighted by Crippen LogP contribution is 2.16. The van der Waals surface area contributed by atoms with Crippen LogP contribution in [0, 0.1) is 0 Å². The van der Waals surface area contributed by atoms with Crippen LogP contribution < -0.4 is 11.2 Å². The van der Waals surface area contributed by atoms with Gasteiger partial charge in [-0.3, -0.25) is 53.7 Å². The molecule has 0 saturated heterocycles. The molecule has 90 heavy (non-hydrogen) atoms. The lowest BCUT2D eigenvalue weighted by molar-refractivity contribution is -0.167. The monoisotopic (exact) mass is 1280 g/mol. The molecule has 0 radical (unpaired) electrons. The third kappa shape index (κ3) is 58.9. The lowest BCUT2D eigenvalue weighted by Gasteiger charge is -2.18. The van der Waals surface area contributed by atoms with E-state index < -0.39 is 54.3 Å². The molecule has 0 rings (SSSR count). The zero-order valence-corrected chi connectivity index (χ0v) is 56.1. The van der Waals surface area contributed by atoms with Crippen molar-refractivity contribution < 1.29 is 90.7 Å². The van der Waals surface area contributed by atoms with E-state index in [-0.39, 0.29) is 89.3 Å². The van der Waals surface area contributed by atoms with Gasteiger partial charge in [0.2, 0.25) is 0 Å². The minimum atomic E-state index is -0.996. The van der Waals surface area contributed by atoms with Crippen LogP contribution in [0.4, 0.5) is 0 Å². The minimum absolute atomic E-state index is 0.104. The quantitative estimate of drug-likeness (QED) is 0.0143. The highest BCUT2D eigenvalue weighted by Gasteiger charge is 2.22. The molecule has 0 aromatic rings. The molecule has 21 heteroatoms. The number of hydrogen-bond donors (Lipinski definition) is 2. The van der Waals surface area contributed by atoms with Gasteiger partial charge < -0.3 is 42.7 Å². The zero-order valence-electron chi connectivity index (χ0n) is 56.1. The number of rotatable bonds is 64. The first kappa shape index (κ1) is 84.6. The second-order valence-corrected chi connectivity index (χ2v) is 23.5. The normalized spacial score (nSPS) is 12.1. The summed E-state index contributed by atoms with van der Waals surface area (Å²) in [5.41, 5.74) is 8.46. The largest absolute Gasteiger partial charge is 0.469 e. The number of Topliss-reactive ketones (excluding diaryl/α,β-unsaturated/α-hetero) is 1. The zero-order chi connectivity index (χ0) is 66.3. The van der Waals surface area contributed by atoms with E-state index in [9.17, 15) is 47.9 Å². The van der Waals surface area contributed by atoms with Crippen molar-refractivity contribution in [3.05, 3.63) is 12.2 Å². The predicted octanol–water partition coefficient (Wildman–Crippen LogP) is 13.8. The van der Waals surface area contributed by atoms with E-state index in [1.54, 1.807) is 0 Å². The molecule has 0 aliphatic rings. The van der Waals surface area contributed by atoms with Crippen molar-refractivity contribution in [2.75, 3.05) is 40.1 Å². The molecule has 3 N–H and O–H groups in total. The molecule has 520 valence electrons. The van der Waals surface area contributed by atoms with Crippen LogP contribution in [0.25, 0.3) is 0 Å². The van der Waals surface area contributed by atoms with Gasteiger partial charge in [-0.05, 0) is 103 Å². The smallest absolute Gasteiger partial charge is 0.324 e. The molecule has 0 aromatic heterocycles. The van der Waals surface area contributed by atoms with Crippen LogP contribution in [0.1, 0.15) is 310 Å². The Labute approximate surface area is 539 Å². The van der Waals surface area contributed by atoms with Gasteiger partial charge in [-0.1, -0.05) is 148 Å². The number of nitrogens with two attached hydrogens (primary N) is 1. The van der Waals surface area contributed by atoms with E-state index in [2.05, 4.69) is 36.2 Å². The third-order valence-corrected chi connectivity index (χ3v) is 14.8. The van der Waals surface area contributed by atoms with Gasteiger partial charge in [0.05, 0.1) is 7.11 Å². The fourth-order valence-electron chi connectivity index (χ4n) is 9.37. The van der Waals surface area contributed by atoms with Gasteiger partial charge in [0.15, 0.2) is 18.4 Å². The number of hydrogen-bond acceptors (Lipinski definition) is 21. The molecule has 0 spiro atoms. The summed E-state index contributed by atoms with van der Waals surface area (Å²) in [6.07, 6.45) is 31.4. The van der Waals surface area contributed by atoms with E-state index >= 15 is 0 Å². The fraction of sp³-hybridized carbons (Fsp3) is 0.826. The Hall–Kier alpha value is -5.44. The van der Waals surface area contributed by atoms with E-state index in [0.717, 1.165) is 141 Å². The summed E-state index contributed by atoms with van der Waals surface area (Å²) in [5.74, 6) is -3.47. The predicted molar refractivity (Wildman–Crippen MR) is 343 cm³/mol. The van der Waals surface area contributed by atoms with Gasteiger partial charge >= 0.3 is 53.7 Å². The van der Waals surface area contributed by atoms with Gasteiger partial charge in [-0.2, -0.15) is 5.48 Å². The van der Waals surface area contributed by atoms with E-state index in [1.165, 1.54) is 7.11 Å². The minimum Gasteiger partial charge on any atom is -0.469 e. The molecule has 3 atom stereocenters. The highest BCUT2D eigenvalue weighted by molar-refractivity contribution is 5.78. The van der Waals surface area contributed by atoms with Crippen molar-refractivity contribution in [3.8, 4) is 0 Å². The lowest BCUT2D eigenvalue weighted by atomic mass is 10.0. The number of ketones is 1. The van der Waals surface area contributed by atoms with Gasteiger partial charge in [-0.15, -0.1) is 0 Å². The number of carbonyl (C=O) groups is 10. The molecule has 0 aliphatic heterocycles. The Morgan fingerprint density at radius 1 is 0.333 bits per heavy atom. The van der Waals surface area contributed by atoms with Crippen LogP contribution in [0.2, 0.25) is 0 Å². The number of carbonyl (C=O) groups excluding carboxylic acids is 10. The Bertz CT molecular complexity index is 1930. The maximum Gasteiger partial charge on any atom is 0.324 e. The molecule has 3 unspecified atom stereocenters. The van der Waals surface area contributed by atoms with Crippen molar-refractivity contribution in [3.63, 3.8) is 0 Å². The van der Waals surface area contributed by atoms with Gasteiger partial charge in [-0.25, -0.2) is 0 Å². The first-order valence-corrected chi connectivity index (χ1v) is 34.7. The second-order valence-electron chi connectivity index (χ2n) is 23.5. The number of allylic oxidation sites excluding steroid dienone is 2. The summed E-state index contributed by atoms with van der Waals surface area (Å²) >= 11 is 0. The molecule has 0 fully saturated rings. The van der Waals surface area contributed by atoms with Gasteiger partial charge in [0.25, 0.3) is 0 Å². The Kier molecular flexibility index (Phi) is 58.6. The number of ether oxygens (including phenoxy) is 8. The molecule has 0 aromatic carbocycles. The maximum atomic E-state index is 12.9. The maximum absolute atomic E-state index is 12.9. The number of methoxy groups -OCH3 is 1. The summed E-state index contributed by atoms with van der Waals surface area (Å²) in [6, 6.07) is 0. The van der Waals surface area contributed by atoms with Crippen LogP contribution in [-0.4, -0.2) is 118 Å². The molecule has 0 aliphatic carbocycles. The number of hydroxylamine groups is 1. The molecule has 0 heterocycles. The average molecular weight is 1280 g/mol. The van der Waals surface area contributed by atoms with Crippen molar-refractivity contribution in [1.29, 1.82) is 0 Å². The summed E-state index contributed by atoms with van der Waals surface area (Å²) in [5, 5.41) is 0. The van der Waals surface area contributed by atoms with Crippen LogP contribution in [0.5, 0.6) is 0 Å². The van der Waals surface area contributed by atoms with Crippen molar-refractivity contribution >= 4 is 59.5 Å². The SMILES string of the molecule is CCC/C=C/CCCCC(=O)CCCCCCCC(=O)OCC(COC(=O)CCCCCCCC(=O)OCC(COC(=O)CCCCCCCC(=O)OC)OC(=O)CCCCCCCC(=O)OC(N)CCC)OC(=O)CCCCCCCC(=O)ONCCCC. The molecular weight excluding hydrogens is 1160 g/mol. The summed E-state index contributed by atoms with van der Waals surface area (Å²) in [4.78, 5) is 129. The van der Waals surface area contributed by atoms with Gasteiger partial charge in [0.1, 0.15) is 32.2 Å². The summed E-state index contributed by atoms with van der Waals surface area (Å²) in [7, 11) is 1.36. The Balaban J connectivity index is 4.98. The van der Waals surface area contributed by atoms with Gasteiger partial charge in [0, 0.05) is 77.2 Å². The Morgan fingerprint density at radius 2 is 0.644 bits per heavy atom. The third-order valence-electron chi connectivity index (χ3n) is 14.8. The molecule has 0 saturated carbocycles. The first-order valence-electron chi connectivity index (χ1n) is 34.7. The summed E-state index contributed by atoms with van der Waals surface area (Å²) in [6.45, 7) is 5.70. The first-order chi connectivity index (χ1) is 43.6. The van der Waals surface area contributed by atoms with Crippen LogP contribution in [0.15, 0.2) is 12.2 Å². The second kappa shape index (κ2) is 62.4.